The van der Waals surface area contributed by atoms with Crippen molar-refractivity contribution in [3.05, 3.63) is 102 Å². The highest BCUT2D eigenvalue weighted by molar-refractivity contribution is 5.94. The molecule has 1 atom stereocenters. The van der Waals surface area contributed by atoms with Crippen molar-refractivity contribution in [2.45, 2.75) is 19.5 Å². The second kappa shape index (κ2) is 8.92. The first-order valence-electron chi connectivity index (χ1n) is 8.78. The summed E-state index contributed by atoms with van der Waals surface area (Å²) in [7, 11) is 0. The molecule has 0 aliphatic carbocycles. The number of nitrogens with one attached hydrogen (secondary N) is 1. The van der Waals surface area contributed by atoms with Gasteiger partial charge < -0.3 is 4.74 Å². The van der Waals surface area contributed by atoms with Gasteiger partial charge in [-0.3, -0.25) is 10.1 Å². The number of hydrogen-bond donors (Lipinski definition) is 1. The second-order valence-corrected chi connectivity index (χ2v) is 6.22. The van der Waals surface area contributed by atoms with Gasteiger partial charge in [-0.2, -0.15) is 0 Å². The van der Waals surface area contributed by atoms with E-state index in [-0.39, 0.29) is 5.78 Å². The number of hydrogen-bond acceptors (Lipinski definition) is 4. The quantitative estimate of drug-likeness (QED) is 0.388. The van der Waals surface area contributed by atoms with Gasteiger partial charge in [-0.1, -0.05) is 72.8 Å². The molecule has 27 heavy (non-hydrogen) atoms. The lowest BCUT2D eigenvalue weighted by Crippen LogP contribution is -2.31. The van der Waals surface area contributed by atoms with E-state index >= 15 is 0 Å². The van der Waals surface area contributed by atoms with Gasteiger partial charge in [0.15, 0.2) is 5.78 Å². The predicted octanol–water partition coefficient (Wildman–Crippen LogP) is 4.33. The molecule has 0 aromatic heterocycles. The van der Waals surface area contributed by atoms with Gasteiger partial charge in [0, 0.05) is 12.1 Å². The molecule has 4 nitrogen and oxygen atoms in total. The molecular formula is C23H21NO3. The number of carbonyl (C=O) groups is 2. The summed E-state index contributed by atoms with van der Waals surface area (Å²) in [6, 6.07) is 25.3. The minimum atomic E-state index is -0.618. The molecule has 0 aliphatic heterocycles. The number of esters is 1. The molecule has 0 saturated carbocycles. The average molecular weight is 359 g/mol. The summed E-state index contributed by atoms with van der Waals surface area (Å²) in [6.45, 7) is 2.01. The smallest absolute Gasteiger partial charge is 0.333 e. The zero-order valence-electron chi connectivity index (χ0n) is 15.1. The van der Waals surface area contributed by atoms with E-state index in [2.05, 4.69) is 5.32 Å². The highest BCUT2D eigenvalue weighted by Crippen LogP contribution is 2.20. The summed E-state index contributed by atoms with van der Waals surface area (Å²) >= 11 is 0. The summed E-state index contributed by atoms with van der Waals surface area (Å²) in [5.41, 5.74) is 2.40. The van der Waals surface area contributed by atoms with Gasteiger partial charge in [0.05, 0.1) is 0 Å². The standard InChI is InChI=1S/C23H21NO3/c1-17(25)20-13-8-14-21(15-20)27-23(26)22(19-11-6-3-7-12-19)24-16-18-9-4-2-5-10-18/h2-15,22,24H,16H2,1H3. The molecule has 0 fully saturated rings. The summed E-state index contributed by atoms with van der Waals surface area (Å²) in [5, 5.41) is 3.27. The predicted molar refractivity (Wildman–Crippen MR) is 105 cm³/mol. The summed E-state index contributed by atoms with van der Waals surface area (Å²) in [6.07, 6.45) is 0. The van der Waals surface area contributed by atoms with Gasteiger partial charge in [0.1, 0.15) is 11.8 Å². The third-order valence-corrected chi connectivity index (χ3v) is 4.18. The number of rotatable bonds is 7. The Morgan fingerprint density at radius 3 is 2.22 bits per heavy atom. The van der Waals surface area contributed by atoms with Crippen LogP contribution in [0.1, 0.15) is 34.5 Å². The van der Waals surface area contributed by atoms with Crippen molar-refractivity contribution in [1.82, 2.24) is 5.32 Å². The van der Waals surface area contributed by atoms with Crippen molar-refractivity contribution in [2.24, 2.45) is 0 Å². The van der Waals surface area contributed by atoms with E-state index in [4.69, 9.17) is 4.74 Å². The lowest BCUT2D eigenvalue weighted by atomic mass is 10.1. The van der Waals surface area contributed by atoms with Crippen molar-refractivity contribution in [3.8, 4) is 5.75 Å². The van der Waals surface area contributed by atoms with Crippen LogP contribution in [0.3, 0.4) is 0 Å². The lowest BCUT2D eigenvalue weighted by Gasteiger charge is -2.18. The van der Waals surface area contributed by atoms with Gasteiger partial charge >= 0.3 is 5.97 Å². The van der Waals surface area contributed by atoms with Gasteiger partial charge in [-0.05, 0) is 30.2 Å². The number of ketones is 1. The Balaban J connectivity index is 1.78. The first-order valence-corrected chi connectivity index (χ1v) is 8.78. The molecule has 136 valence electrons. The van der Waals surface area contributed by atoms with Crippen LogP contribution >= 0.6 is 0 Å². The molecule has 1 N–H and O–H groups in total. The maximum Gasteiger partial charge on any atom is 0.333 e. The molecule has 0 radical (unpaired) electrons. The average Bonchev–Trinajstić information content (AvgIpc) is 2.70. The van der Waals surface area contributed by atoms with Crippen LogP contribution in [0, 0.1) is 0 Å². The minimum absolute atomic E-state index is 0.0743. The zero-order valence-corrected chi connectivity index (χ0v) is 15.1. The Morgan fingerprint density at radius 2 is 1.56 bits per heavy atom. The van der Waals surface area contributed by atoms with Gasteiger partial charge in [0.2, 0.25) is 0 Å². The van der Waals surface area contributed by atoms with Crippen molar-refractivity contribution < 1.29 is 14.3 Å². The normalized spacial score (nSPS) is 11.6. The fourth-order valence-corrected chi connectivity index (χ4v) is 2.75. The van der Waals surface area contributed by atoms with Crippen LogP contribution in [0.2, 0.25) is 0 Å². The van der Waals surface area contributed by atoms with Crippen LogP contribution in [0.15, 0.2) is 84.9 Å². The maximum atomic E-state index is 12.8. The fraction of sp³-hybridized carbons (Fsp3) is 0.130. The van der Waals surface area contributed by atoms with E-state index in [1.165, 1.54) is 6.92 Å². The zero-order chi connectivity index (χ0) is 19.1. The third-order valence-electron chi connectivity index (χ3n) is 4.18. The summed E-state index contributed by atoms with van der Waals surface area (Å²) in [5.74, 6) is -0.136. The molecule has 0 heterocycles. The SMILES string of the molecule is CC(=O)c1cccc(OC(=O)C(NCc2ccccc2)c2ccccc2)c1. The van der Waals surface area contributed by atoms with Crippen LogP contribution in [0.4, 0.5) is 0 Å². The molecule has 3 rings (SSSR count). The third kappa shape index (κ3) is 5.12. The largest absolute Gasteiger partial charge is 0.425 e. The van der Waals surface area contributed by atoms with E-state index in [1.807, 2.05) is 60.7 Å². The van der Waals surface area contributed by atoms with E-state index in [0.29, 0.717) is 17.9 Å². The van der Waals surface area contributed by atoms with Crippen molar-refractivity contribution in [3.63, 3.8) is 0 Å². The van der Waals surface area contributed by atoms with E-state index in [1.54, 1.807) is 24.3 Å². The molecule has 0 bridgehead atoms. The van der Waals surface area contributed by atoms with E-state index < -0.39 is 12.0 Å². The summed E-state index contributed by atoms with van der Waals surface area (Å²) in [4.78, 5) is 24.4. The highest BCUT2D eigenvalue weighted by atomic mass is 16.5. The van der Waals surface area contributed by atoms with Crippen molar-refractivity contribution >= 4 is 11.8 Å². The molecule has 3 aromatic rings. The summed E-state index contributed by atoms with van der Waals surface area (Å²) < 4.78 is 5.56. The molecule has 0 aliphatic rings. The van der Waals surface area contributed by atoms with Gasteiger partial charge in [0.25, 0.3) is 0 Å². The molecule has 3 aromatic carbocycles. The molecule has 0 saturated heterocycles. The minimum Gasteiger partial charge on any atom is -0.425 e. The molecule has 1 unspecified atom stereocenters. The Bertz CT molecular complexity index is 907. The Hall–Kier alpha value is -3.24. The lowest BCUT2D eigenvalue weighted by molar-refractivity contribution is -0.137. The number of ether oxygens (including phenoxy) is 1. The number of Topliss-reactive ketones (excluding diaryl/α,β-unsaturated/α-hetero) is 1. The van der Waals surface area contributed by atoms with Crippen molar-refractivity contribution in [2.75, 3.05) is 0 Å². The van der Waals surface area contributed by atoms with Crippen LogP contribution in [-0.2, 0) is 11.3 Å². The topological polar surface area (TPSA) is 55.4 Å². The highest BCUT2D eigenvalue weighted by Gasteiger charge is 2.22. The van der Waals surface area contributed by atoms with Gasteiger partial charge in [-0.15, -0.1) is 0 Å². The molecule has 0 spiro atoms. The van der Waals surface area contributed by atoms with Crippen LogP contribution in [0.25, 0.3) is 0 Å². The Morgan fingerprint density at radius 1 is 0.889 bits per heavy atom. The number of carbonyl (C=O) groups excluding carboxylic acids is 2. The van der Waals surface area contributed by atoms with Crippen molar-refractivity contribution in [1.29, 1.82) is 0 Å². The maximum absolute atomic E-state index is 12.8. The monoisotopic (exact) mass is 359 g/mol. The van der Waals surface area contributed by atoms with Crippen LogP contribution in [-0.4, -0.2) is 11.8 Å². The molecule has 0 amide bonds. The Labute approximate surface area is 158 Å². The van der Waals surface area contributed by atoms with Crippen LogP contribution < -0.4 is 10.1 Å². The van der Waals surface area contributed by atoms with E-state index in [0.717, 1.165) is 11.1 Å². The first kappa shape index (κ1) is 18.5. The number of benzene rings is 3. The fourth-order valence-electron chi connectivity index (χ4n) is 2.75. The van der Waals surface area contributed by atoms with E-state index in [9.17, 15) is 9.59 Å². The van der Waals surface area contributed by atoms with Gasteiger partial charge in [-0.25, -0.2) is 4.79 Å². The molecule has 4 heteroatoms. The van der Waals surface area contributed by atoms with Crippen LogP contribution in [0.5, 0.6) is 5.75 Å². The Kier molecular flexibility index (Phi) is 6.13. The first-order chi connectivity index (χ1) is 13.1. The molecular weight excluding hydrogens is 338 g/mol. The second-order valence-electron chi connectivity index (χ2n) is 6.22.